The number of anilines is 2. The summed E-state index contributed by atoms with van der Waals surface area (Å²) in [4.78, 5) is 13.6. The van der Waals surface area contributed by atoms with Crippen molar-refractivity contribution in [3.05, 3.63) is 40.7 Å². The van der Waals surface area contributed by atoms with E-state index in [-0.39, 0.29) is 11.4 Å². The van der Waals surface area contributed by atoms with Gasteiger partial charge in [0.25, 0.3) is 0 Å². The Morgan fingerprint density at radius 1 is 1.28 bits per heavy atom. The van der Waals surface area contributed by atoms with Gasteiger partial charge >= 0.3 is 0 Å². The molecule has 1 aromatic heterocycles. The second-order valence-corrected chi connectivity index (χ2v) is 7.81. The highest BCUT2D eigenvalue weighted by Crippen LogP contribution is 2.34. The van der Waals surface area contributed by atoms with Gasteiger partial charge in [-0.15, -0.1) is 0 Å². The quantitative estimate of drug-likeness (QED) is 0.925. The minimum Gasteiger partial charge on any atom is -0.381 e. The zero-order chi connectivity index (χ0) is 18.4. The van der Waals surface area contributed by atoms with Crippen LogP contribution in [0.3, 0.4) is 0 Å². The predicted octanol–water partition coefficient (Wildman–Crippen LogP) is 3.78. The maximum absolute atomic E-state index is 11.8. The van der Waals surface area contributed by atoms with Gasteiger partial charge in [0, 0.05) is 48.2 Å². The van der Waals surface area contributed by atoms with Gasteiger partial charge in [-0.2, -0.15) is 5.10 Å². The monoisotopic (exact) mass is 340 g/mol. The minimum atomic E-state index is -0.0247. The summed E-state index contributed by atoms with van der Waals surface area (Å²) in [5, 5.41) is 8.30. The molecule has 0 unspecified atom stereocenters. The number of aromatic nitrogens is 2. The molecule has 1 amide bonds. The molecule has 0 bridgehead atoms. The number of hydrogen-bond donors (Lipinski definition) is 1. The molecule has 0 saturated heterocycles. The van der Waals surface area contributed by atoms with Crippen LogP contribution < -0.4 is 10.2 Å². The Balaban J connectivity index is 1.85. The van der Waals surface area contributed by atoms with Crippen LogP contribution in [0.5, 0.6) is 0 Å². The SMILES string of the molecule is CC(=O)N1CCc2c(NCc3c(C)nn(C(C)(C)C)c3C)cccc21. The first kappa shape index (κ1) is 17.5. The molecule has 0 spiro atoms. The summed E-state index contributed by atoms with van der Waals surface area (Å²) in [6.45, 7) is 13.9. The molecule has 3 rings (SSSR count). The van der Waals surface area contributed by atoms with Gasteiger partial charge in [-0.05, 0) is 53.2 Å². The average molecular weight is 340 g/mol. The van der Waals surface area contributed by atoms with Crippen LogP contribution >= 0.6 is 0 Å². The van der Waals surface area contributed by atoms with Crippen LogP contribution in [0.4, 0.5) is 11.4 Å². The lowest BCUT2D eigenvalue weighted by Crippen LogP contribution is -2.25. The number of nitrogens with zero attached hydrogens (tertiary/aromatic N) is 3. The van der Waals surface area contributed by atoms with Gasteiger partial charge in [0.05, 0.1) is 11.2 Å². The Kier molecular flexibility index (Phi) is 4.35. The molecule has 1 aliphatic heterocycles. The molecule has 1 N–H and O–H groups in total. The molecule has 0 atom stereocenters. The van der Waals surface area contributed by atoms with Gasteiger partial charge in [0.15, 0.2) is 0 Å². The van der Waals surface area contributed by atoms with Crippen molar-refractivity contribution in [2.75, 3.05) is 16.8 Å². The van der Waals surface area contributed by atoms with E-state index in [1.807, 2.05) is 17.0 Å². The van der Waals surface area contributed by atoms with Gasteiger partial charge in [-0.1, -0.05) is 6.07 Å². The van der Waals surface area contributed by atoms with Crippen molar-refractivity contribution >= 4 is 17.3 Å². The fraction of sp³-hybridized carbons (Fsp3) is 0.500. The molecule has 5 heteroatoms. The van der Waals surface area contributed by atoms with Crippen LogP contribution in [-0.2, 0) is 23.3 Å². The van der Waals surface area contributed by atoms with Crippen molar-refractivity contribution in [1.82, 2.24) is 9.78 Å². The van der Waals surface area contributed by atoms with Crippen molar-refractivity contribution < 1.29 is 4.79 Å². The van der Waals surface area contributed by atoms with E-state index >= 15 is 0 Å². The van der Waals surface area contributed by atoms with Gasteiger partial charge in [0.2, 0.25) is 5.91 Å². The molecule has 0 fully saturated rings. The molecule has 2 heterocycles. The van der Waals surface area contributed by atoms with E-state index in [4.69, 9.17) is 5.10 Å². The molecule has 1 aliphatic rings. The maximum Gasteiger partial charge on any atom is 0.223 e. The second kappa shape index (κ2) is 6.21. The number of carbonyl (C=O) groups excluding carboxylic acids is 1. The third-order valence-corrected chi connectivity index (χ3v) is 4.94. The van der Waals surface area contributed by atoms with Crippen molar-refractivity contribution in [2.24, 2.45) is 0 Å². The first-order valence-electron chi connectivity index (χ1n) is 8.89. The number of benzene rings is 1. The highest BCUT2D eigenvalue weighted by Gasteiger charge is 2.25. The van der Waals surface area contributed by atoms with Crippen molar-refractivity contribution in [3.63, 3.8) is 0 Å². The molecule has 0 saturated carbocycles. The smallest absolute Gasteiger partial charge is 0.223 e. The van der Waals surface area contributed by atoms with E-state index < -0.39 is 0 Å². The molecule has 5 nitrogen and oxygen atoms in total. The molecule has 1 aromatic carbocycles. The van der Waals surface area contributed by atoms with Crippen LogP contribution in [0.15, 0.2) is 18.2 Å². The first-order chi connectivity index (χ1) is 11.7. The Hall–Kier alpha value is -2.30. The summed E-state index contributed by atoms with van der Waals surface area (Å²) in [6.07, 6.45) is 0.900. The third-order valence-electron chi connectivity index (χ3n) is 4.94. The van der Waals surface area contributed by atoms with Gasteiger partial charge < -0.3 is 10.2 Å². The van der Waals surface area contributed by atoms with E-state index in [0.717, 1.165) is 36.6 Å². The number of aryl methyl sites for hydroxylation is 1. The fourth-order valence-electron chi connectivity index (χ4n) is 3.69. The number of fused-ring (bicyclic) bond motifs is 1. The lowest BCUT2D eigenvalue weighted by Gasteiger charge is -2.21. The van der Waals surface area contributed by atoms with Crippen LogP contribution in [-0.4, -0.2) is 22.2 Å². The highest BCUT2D eigenvalue weighted by molar-refractivity contribution is 5.95. The Labute approximate surface area is 150 Å². The molecule has 0 aliphatic carbocycles. The molecular formula is C20H28N4O. The molecule has 2 aromatic rings. The molecular weight excluding hydrogens is 312 g/mol. The topological polar surface area (TPSA) is 50.2 Å². The van der Waals surface area contributed by atoms with E-state index in [0.29, 0.717) is 0 Å². The fourth-order valence-corrected chi connectivity index (χ4v) is 3.69. The Morgan fingerprint density at radius 3 is 2.60 bits per heavy atom. The van der Waals surface area contributed by atoms with Crippen LogP contribution in [0.25, 0.3) is 0 Å². The summed E-state index contributed by atoms with van der Waals surface area (Å²) in [6, 6.07) is 6.14. The van der Waals surface area contributed by atoms with Crippen molar-refractivity contribution in [1.29, 1.82) is 0 Å². The van der Waals surface area contributed by atoms with Crippen LogP contribution in [0.1, 0.15) is 50.2 Å². The lowest BCUT2D eigenvalue weighted by atomic mass is 10.1. The minimum absolute atomic E-state index is 0.0247. The lowest BCUT2D eigenvalue weighted by molar-refractivity contribution is -0.116. The molecule has 25 heavy (non-hydrogen) atoms. The number of hydrogen-bond acceptors (Lipinski definition) is 3. The van der Waals surface area contributed by atoms with Crippen molar-refractivity contribution in [3.8, 4) is 0 Å². The van der Waals surface area contributed by atoms with E-state index in [2.05, 4.69) is 50.7 Å². The van der Waals surface area contributed by atoms with Gasteiger partial charge in [0.1, 0.15) is 0 Å². The maximum atomic E-state index is 11.8. The average Bonchev–Trinajstić information content (AvgIpc) is 3.07. The second-order valence-electron chi connectivity index (χ2n) is 7.81. The summed E-state index contributed by atoms with van der Waals surface area (Å²) in [5.74, 6) is 0.106. The van der Waals surface area contributed by atoms with Crippen LogP contribution in [0, 0.1) is 13.8 Å². The number of nitrogens with one attached hydrogen (secondary N) is 1. The summed E-state index contributed by atoms with van der Waals surface area (Å²) < 4.78 is 2.10. The zero-order valence-corrected chi connectivity index (χ0v) is 16.1. The summed E-state index contributed by atoms with van der Waals surface area (Å²) >= 11 is 0. The number of carbonyl (C=O) groups is 1. The Morgan fingerprint density at radius 2 is 2.00 bits per heavy atom. The van der Waals surface area contributed by atoms with E-state index in [1.54, 1.807) is 6.92 Å². The molecule has 0 radical (unpaired) electrons. The highest BCUT2D eigenvalue weighted by atomic mass is 16.2. The first-order valence-corrected chi connectivity index (χ1v) is 8.89. The summed E-state index contributed by atoms with van der Waals surface area (Å²) in [7, 11) is 0. The van der Waals surface area contributed by atoms with Gasteiger partial charge in [-0.3, -0.25) is 9.48 Å². The van der Waals surface area contributed by atoms with Crippen LogP contribution in [0.2, 0.25) is 0 Å². The third kappa shape index (κ3) is 3.15. The number of amides is 1. The van der Waals surface area contributed by atoms with E-state index in [9.17, 15) is 4.79 Å². The predicted molar refractivity (Wildman–Crippen MR) is 102 cm³/mol. The molecule has 134 valence electrons. The zero-order valence-electron chi connectivity index (χ0n) is 16.1. The Bertz CT molecular complexity index is 814. The number of rotatable bonds is 3. The largest absolute Gasteiger partial charge is 0.381 e. The van der Waals surface area contributed by atoms with Gasteiger partial charge in [-0.25, -0.2) is 0 Å². The standard InChI is InChI=1S/C20H28N4O/c1-13-17(14(2)24(22-13)20(4,5)6)12-21-18-8-7-9-19-16(18)10-11-23(19)15(3)25/h7-9,21H,10-12H2,1-6H3. The normalized spacial score (nSPS) is 13.9. The summed E-state index contributed by atoms with van der Waals surface area (Å²) in [5.41, 5.74) is 6.88. The van der Waals surface area contributed by atoms with E-state index in [1.165, 1.54) is 16.8 Å². The van der Waals surface area contributed by atoms with Crippen molar-refractivity contribution in [2.45, 2.75) is 60.0 Å².